The minimum absolute atomic E-state index is 0.524. The highest BCUT2D eigenvalue weighted by atomic mass is 35.5. The van der Waals surface area contributed by atoms with Crippen LogP contribution in [0.2, 0.25) is 5.02 Å². The molecule has 3 rings (SSSR count). The Labute approximate surface area is 114 Å². The summed E-state index contributed by atoms with van der Waals surface area (Å²) >= 11 is 5.99. The third-order valence-corrected chi connectivity index (χ3v) is 2.94. The van der Waals surface area contributed by atoms with Crippen LogP contribution in [-0.2, 0) is 0 Å². The van der Waals surface area contributed by atoms with Gasteiger partial charge in [0.25, 0.3) is 0 Å². The predicted molar refractivity (Wildman–Crippen MR) is 75.3 cm³/mol. The number of nitrogen functional groups attached to an aromatic ring is 1. The summed E-state index contributed by atoms with van der Waals surface area (Å²) in [6.45, 7) is 0. The van der Waals surface area contributed by atoms with Gasteiger partial charge in [-0.05, 0) is 24.3 Å². The zero-order valence-electron chi connectivity index (χ0n) is 10.1. The van der Waals surface area contributed by atoms with E-state index in [4.69, 9.17) is 22.1 Å². The third kappa shape index (κ3) is 2.20. The smallest absolute Gasteiger partial charge is 0.215 e. The van der Waals surface area contributed by atoms with Crippen LogP contribution in [0.4, 0.5) is 5.69 Å². The van der Waals surface area contributed by atoms with Gasteiger partial charge in [-0.2, -0.15) is 4.98 Å². The normalized spacial score (nSPS) is 10.8. The van der Waals surface area contributed by atoms with Crippen molar-refractivity contribution in [2.45, 2.75) is 0 Å². The maximum Gasteiger partial charge on any atom is 0.215 e. The van der Waals surface area contributed by atoms with Gasteiger partial charge in [0.1, 0.15) is 5.82 Å². The van der Waals surface area contributed by atoms with E-state index in [-0.39, 0.29) is 0 Å². The molecular formula is C13H11ClN4O. The van der Waals surface area contributed by atoms with Crippen LogP contribution in [0.25, 0.3) is 22.6 Å². The number of fused-ring (bicyclic) bond motifs is 1. The van der Waals surface area contributed by atoms with Gasteiger partial charge in [0.2, 0.25) is 5.88 Å². The summed E-state index contributed by atoms with van der Waals surface area (Å²) in [5.74, 6) is 1.20. The number of rotatable bonds is 2. The topological polar surface area (TPSA) is 76.8 Å². The second kappa shape index (κ2) is 4.44. The minimum Gasteiger partial charge on any atom is -0.481 e. The van der Waals surface area contributed by atoms with Crippen LogP contribution < -0.4 is 10.5 Å². The fraction of sp³-hybridized carbons (Fsp3) is 0.0769. The predicted octanol–water partition coefficient (Wildman–Crippen LogP) is 2.87. The van der Waals surface area contributed by atoms with E-state index in [0.29, 0.717) is 28.1 Å². The summed E-state index contributed by atoms with van der Waals surface area (Å²) in [6.07, 6.45) is 0. The fourth-order valence-corrected chi connectivity index (χ4v) is 2.12. The van der Waals surface area contributed by atoms with Crippen LogP contribution in [-0.4, -0.2) is 22.1 Å². The van der Waals surface area contributed by atoms with E-state index in [1.54, 1.807) is 31.4 Å². The Balaban J connectivity index is 2.14. The van der Waals surface area contributed by atoms with Gasteiger partial charge < -0.3 is 15.5 Å². The average Bonchev–Trinajstić information content (AvgIpc) is 2.80. The molecule has 0 saturated heterocycles. The van der Waals surface area contributed by atoms with Crippen LogP contribution in [0.15, 0.2) is 30.3 Å². The number of nitrogens with one attached hydrogen (secondary N) is 1. The Hall–Kier alpha value is -2.27. The van der Waals surface area contributed by atoms with E-state index in [0.717, 1.165) is 11.1 Å². The number of nitrogens with zero attached hydrogens (tertiary/aromatic N) is 2. The molecule has 0 bridgehead atoms. The molecule has 5 nitrogen and oxygen atoms in total. The van der Waals surface area contributed by atoms with E-state index < -0.39 is 0 Å². The Bertz CT molecular complexity index is 733. The molecule has 0 saturated carbocycles. The Morgan fingerprint density at radius 2 is 2.05 bits per heavy atom. The second-order valence-electron chi connectivity index (χ2n) is 4.08. The van der Waals surface area contributed by atoms with Crippen molar-refractivity contribution in [2.24, 2.45) is 0 Å². The third-order valence-electron chi connectivity index (χ3n) is 2.72. The lowest BCUT2D eigenvalue weighted by molar-refractivity contribution is 0.399. The molecule has 6 heteroatoms. The molecule has 0 radical (unpaired) electrons. The molecule has 3 N–H and O–H groups in total. The van der Waals surface area contributed by atoms with E-state index in [9.17, 15) is 0 Å². The van der Waals surface area contributed by atoms with Crippen LogP contribution in [0, 0.1) is 0 Å². The molecule has 0 unspecified atom stereocenters. The van der Waals surface area contributed by atoms with Gasteiger partial charge in [-0.1, -0.05) is 11.6 Å². The van der Waals surface area contributed by atoms with Gasteiger partial charge in [0.15, 0.2) is 5.65 Å². The van der Waals surface area contributed by atoms with E-state index >= 15 is 0 Å². The standard InChI is InChI=1S/C13H11ClN4O/c1-19-11-3-2-10-13(17-11)18-12(16-10)7-4-8(14)6-9(15)5-7/h2-6H,15H2,1H3,(H,16,17,18). The van der Waals surface area contributed by atoms with Crippen molar-refractivity contribution in [3.05, 3.63) is 35.4 Å². The molecule has 3 aromatic rings. The van der Waals surface area contributed by atoms with Gasteiger partial charge >= 0.3 is 0 Å². The first-order chi connectivity index (χ1) is 9.15. The number of nitrogens with two attached hydrogens (primary N) is 1. The number of benzene rings is 1. The summed E-state index contributed by atoms with van der Waals surface area (Å²) < 4.78 is 5.07. The van der Waals surface area contributed by atoms with Crippen molar-refractivity contribution in [3.8, 4) is 17.3 Å². The largest absolute Gasteiger partial charge is 0.481 e. The molecule has 0 amide bonds. The zero-order valence-corrected chi connectivity index (χ0v) is 10.9. The lowest BCUT2D eigenvalue weighted by Gasteiger charge is -1.99. The van der Waals surface area contributed by atoms with Gasteiger partial charge in [0.05, 0.1) is 12.6 Å². The molecule has 0 spiro atoms. The fourth-order valence-electron chi connectivity index (χ4n) is 1.87. The number of ether oxygens (including phenoxy) is 1. The van der Waals surface area contributed by atoms with Crippen molar-refractivity contribution in [3.63, 3.8) is 0 Å². The second-order valence-corrected chi connectivity index (χ2v) is 4.52. The summed E-state index contributed by atoms with van der Waals surface area (Å²) in [5.41, 5.74) is 8.61. The molecule has 2 heterocycles. The Morgan fingerprint density at radius 3 is 2.79 bits per heavy atom. The van der Waals surface area contributed by atoms with Crippen molar-refractivity contribution in [2.75, 3.05) is 12.8 Å². The molecule has 2 aromatic heterocycles. The van der Waals surface area contributed by atoms with Crippen LogP contribution >= 0.6 is 11.6 Å². The summed E-state index contributed by atoms with van der Waals surface area (Å²) in [6, 6.07) is 8.94. The molecule has 1 aromatic carbocycles. The molecule has 0 aliphatic heterocycles. The van der Waals surface area contributed by atoms with Gasteiger partial charge in [-0.25, -0.2) is 4.98 Å². The number of hydrogen-bond acceptors (Lipinski definition) is 4. The highest BCUT2D eigenvalue weighted by Crippen LogP contribution is 2.26. The molecule has 0 fully saturated rings. The van der Waals surface area contributed by atoms with Crippen LogP contribution in [0.5, 0.6) is 5.88 Å². The van der Waals surface area contributed by atoms with E-state index in [2.05, 4.69) is 15.0 Å². The number of pyridine rings is 1. The lowest BCUT2D eigenvalue weighted by atomic mass is 10.2. The summed E-state index contributed by atoms with van der Waals surface area (Å²) in [7, 11) is 1.57. The summed E-state index contributed by atoms with van der Waals surface area (Å²) in [4.78, 5) is 11.8. The Morgan fingerprint density at radius 1 is 1.21 bits per heavy atom. The first kappa shape index (κ1) is 11.8. The molecular weight excluding hydrogens is 264 g/mol. The van der Waals surface area contributed by atoms with Crippen molar-refractivity contribution in [1.82, 2.24) is 15.0 Å². The SMILES string of the molecule is COc1ccc2[nH]c(-c3cc(N)cc(Cl)c3)nc2n1. The number of methoxy groups -OCH3 is 1. The maximum absolute atomic E-state index is 5.99. The van der Waals surface area contributed by atoms with Gasteiger partial charge in [0, 0.05) is 22.3 Å². The number of aromatic nitrogens is 3. The van der Waals surface area contributed by atoms with Gasteiger partial charge in [-0.3, -0.25) is 0 Å². The average molecular weight is 275 g/mol. The van der Waals surface area contributed by atoms with Crippen LogP contribution in [0.3, 0.4) is 0 Å². The van der Waals surface area contributed by atoms with E-state index in [1.165, 1.54) is 0 Å². The van der Waals surface area contributed by atoms with E-state index in [1.807, 2.05) is 6.07 Å². The zero-order chi connectivity index (χ0) is 13.4. The monoisotopic (exact) mass is 274 g/mol. The highest BCUT2D eigenvalue weighted by Gasteiger charge is 2.08. The highest BCUT2D eigenvalue weighted by molar-refractivity contribution is 6.31. The number of H-pyrrole nitrogens is 1. The minimum atomic E-state index is 0.524. The lowest BCUT2D eigenvalue weighted by Crippen LogP contribution is -1.87. The number of anilines is 1. The van der Waals surface area contributed by atoms with Crippen molar-refractivity contribution < 1.29 is 4.74 Å². The number of halogens is 1. The molecule has 96 valence electrons. The molecule has 0 aliphatic carbocycles. The van der Waals surface area contributed by atoms with Crippen molar-refractivity contribution >= 4 is 28.5 Å². The number of hydrogen-bond donors (Lipinski definition) is 2. The summed E-state index contributed by atoms with van der Waals surface area (Å²) in [5, 5.41) is 0.570. The number of imidazole rings is 1. The maximum atomic E-state index is 5.99. The molecule has 0 atom stereocenters. The molecule has 0 aliphatic rings. The first-order valence-electron chi connectivity index (χ1n) is 5.63. The van der Waals surface area contributed by atoms with Gasteiger partial charge in [-0.15, -0.1) is 0 Å². The Kier molecular flexibility index (Phi) is 2.76. The quantitative estimate of drug-likeness (QED) is 0.705. The number of aromatic amines is 1. The first-order valence-corrected chi connectivity index (χ1v) is 6.01. The van der Waals surface area contributed by atoms with Crippen molar-refractivity contribution in [1.29, 1.82) is 0 Å². The van der Waals surface area contributed by atoms with Crippen LogP contribution in [0.1, 0.15) is 0 Å². The molecule has 19 heavy (non-hydrogen) atoms.